The molecule has 0 aliphatic rings. The molecule has 0 saturated carbocycles. The van der Waals surface area contributed by atoms with Gasteiger partial charge in [0, 0.05) is 23.1 Å². The fourth-order valence-corrected chi connectivity index (χ4v) is 6.82. The van der Waals surface area contributed by atoms with Crippen LogP contribution in [0.1, 0.15) is 86.5 Å². The van der Waals surface area contributed by atoms with E-state index < -0.39 is 10.8 Å². The topological polar surface area (TPSA) is 94.8 Å². The predicted octanol–water partition coefficient (Wildman–Crippen LogP) is 8.51. The van der Waals surface area contributed by atoms with Crippen molar-refractivity contribution in [3.8, 4) is 0 Å². The number of hydrogen-bond donors (Lipinski definition) is 1. The number of aromatic nitrogens is 1. The van der Waals surface area contributed by atoms with Gasteiger partial charge in [-0.25, -0.2) is 0 Å². The van der Waals surface area contributed by atoms with Crippen LogP contribution in [0.3, 0.4) is 0 Å². The maximum atomic E-state index is 12.9. The van der Waals surface area contributed by atoms with E-state index in [1.807, 2.05) is 94.5 Å². The molecule has 0 atom stereocenters. The van der Waals surface area contributed by atoms with E-state index in [0.717, 1.165) is 71.3 Å². The minimum atomic E-state index is -0.421. The van der Waals surface area contributed by atoms with E-state index in [1.54, 1.807) is 0 Å². The van der Waals surface area contributed by atoms with Gasteiger partial charge in [0.05, 0.1) is 35.1 Å². The number of nitrogens with zero attached hydrogens (tertiary/aromatic N) is 1. The maximum Gasteiger partial charge on any atom is 0.312 e. The van der Waals surface area contributed by atoms with E-state index in [1.165, 1.54) is 25.0 Å². The van der Waals surface area contributed by atoms with Crippen LogP contribution in [0.5, 0.6) is 0 Å². The summed E-state index contributed by atoms with van der Waals surface area (Å²) < 4.78 is 12.5. The molecule has 0 radical (unpaired) electrons. The second-order valence-electron chi connectivity index (χ2n) is 13.1. The predicted molar refractivity (Wildman–Crippen MR) is 201 cm³/mol. The Kier molecular flexibility index (Phi) is 18.6. The van der Waals surface area contributed by atoms with Gasteiger partial charge in [-0.1, -0.05) is 51.0 Å². The van der Waals surface area contributed by atoms with E-state index in [2.05, 4.69) is 23.6 Å². The standard InChI is InChI=1S/C30H41NO3S2.C8H16O3/c1-4-5-19-34-29(33)30(2,3)23-36-21-12-6-11-20-35-22-13-18-31-26-16-9-7-14-24(26)28(32)25-15-8-10-17-27(25)31;1-4-8(2,3)7(10)11-6-5-9/h7-10,14-17H,4-6,11-13,18-23H2,1-3H3;9H,4-6H2,1-3H3. The molecule has 0 unspecified atom stereocenters. The summed E-state index contributed by atoms with van der Waals surface area (Å²) in [6, 6.07) is 15.9. The van der Waals surface area contributed by atoms with Gasteiger partial charge in [-0.15, -0.1) is 0 Å². The number of ether oxygens (including phenoxy) is 2. The number of rotatable bonds is 20. The number of carbonyl (C=O) groups is 2. The molecule has 0 aliphatic carbocycles. The Morgan fingerprint density at radius 2 is 1.26 bits per heavy atom. The highest BCUT2D eigenvalue weighted by Crippen LogP contribution is 2.25. The molecule has 0 spiro atoms. The minimum absolute atomic E-state index is 0.0667. The number of para-hydroxylation sites is 2. The number of carbonyl (C=O) groups excluding carboxylic acids is 2. The molecule has 7 nitrogen and oxygen atoms in total. The number of aliphatic hydroxyl groups excluding tert-OH is 1. The van der Waals surface area contributed by atoms with Crippen molar-refractivity contribution in [3.05, 3.63) is 58.8 Å². The van der Waals surface area contributed by atoms with Crippen molar-refractivity contribution in [2.24, 2.45) is 10.8 Å². The van der Waals surface area contributed by atoms with Gasteiger partial charge in [0.15, 0.2) is 5.43 Å². The first-order valence-electron chi connectivity index (χ1n) is 17.1. The molecular weight excluding hydrogens is 631 g/mol. The lowest BCUT2D eigenvalue weighted by Crippen LogP contribution is -2.29. The molecular formula is C38H57NO6S2. The molecule has 0 saturated heterocycles. The highest BCUT2D eigenvalue weighted by atomic mass is 32.2. The largest absolute Gasteiger partial charge is 0.465 e. The highest BCUT2D eigenvalue weighted by molar-refractivity contribution is 7.99. The summed E-state index contributed by atoms with van der Waals surface area (Å²) >= 11 is 3.89. The summed E-state index contributed by atoms with van der Waals surface area (Å²) in [5, 5.41) is 9.98. The first-order valence-corrected chi connectivity index (χ1v) is 19.4. The Bertz CT molecular complexity index is 1370. The average molecular weight is 688 g/mol. The van der Waals surface area contributed by atoms with Crippen LogP contribution in [0, 0.1) is 10.8 Å². The molecule has 2 aromatic carbocycles. The summed E-state index contributed by atoms with van der Waals surface area (Å²) in [7, 11) is 0. The zero-order valence-electron chi connectivity index (χ0n) is 29.5. The molecule has 9 heteroatoms. The van der Waals surface area contributed by atoms with Crippen LogP contribution in [-0.4, -0.2) is 64.4 Å². The Morgan fingerprint density at radius 3 is 1.83 bits per heavy atom. The maximum absolute atomic E-state index is 12.9. The van der Waals surface area contributed by atoms with Crippen molar-refractivity contribution in [2.75, 3.05) is 42.8 Å². The molecule has 1 aromatic heterocycles. The lowest BCUT2D eigenvalue weighted by atomic mass is 9.91. The van der Waals surface area contributed by atoms with Gasteiger partial charge in [-0.3, -0.25) is 14.4 Å². The van der Waals surface area contributed by atoms with Crippen molar-refractivity contribution < 1.29 is 24.2 Å². The summed E-state index contributed by atoms with van der Waals surface area (Å²) in [6.07, 6.45) is 7.48. The van der Waals surface area contributed by atoms with Crippen LogP contribution in [0.25, 0.3) is 21.8 Å². The van der Waals surface area contributed by atoms with Gasteiger partial charge in [-0.05, 0) is 101 Å². The molecule has 262 valence electrons. The van der Waals surface area contributed by atoms with Crippen LogP contribution in [-0.2, 0) is 25.6 Å². The van der Waals surface area contributed by atoms with Crippen molar-refractivity contribution in [2.45, 2.75) is 93.0 Å². The van der Waals surface area contributed by atoms with Crippen molar-refractivity contribution >= 4 is 57.3 Å². The van der Waals surface area contributed by atoms with E-state index in [-0.39, 0.29) is 30.6 Å². The van der Waals surface area contributed by atoms with Gasteiger partial charge >= 0.3 is 11.9 Å². The molecule has 3 aromatic rings. The number of pyridine rings is 1. The van der Waals surface area contributed by atoms with E-state index >= 15 is 0 Å². The zero-order valence-corrected chi connectivity index (χ0v) is 31.1. The minimum Gasteiger partial charge on any atom is -0.465 e. The molecule has 0 amide bonds. The van der Waals surface area contributed by atoms with E-state index in [9.17, 15) is 14.4 Å². The van der Waals surface area contributed by atoms with Gasteiger partial charge in [0.25, 0.3) is 0 Å². The van der Waals surface area contributed by atoms with Crippen LogP contribution in [0.2, 0.25) is 0 Å². The second kappa shape index (κ2) is 21.5. The fourth-order valence-electron chi connectivity index (χ4n) is 4.70. The Hall–Kier alpha value is -2.49. The van der Waals surface area contributed by atoms with E-state index in [0.29, 0.717) is 6.61 Å². The van der Waals surface area contributed by atoms with E-state index in [4.69, 9.17) is 14.6 Å². The Balaban J connectivity index is 0.000000597. The lowest BCUT2D eigenvalue weighted by Gasteiger charge is -2.22. The average Bonchev–Trinajstić information content (AvgIpc) is 3.07. The fraction of sp³-hybridized carbons (Fsp3) is 0.605. The van der Waals surface area contributed by atoms with Crippen LogP contribution in [0.4, 0.5) is 0 Å². The Morgan fingerprint density at radius 1 is 0.723 bits per heavy atom. The number of unbranched alkanes of at least 4 members (excludes halogenated alkanes) is 3. The highest BCUT2D eigenvalue weighted by Gasteiger charge is 2.29. The number of aliphatic hydroxyl groups is 1. The van der Waals surface area contributed by atoms with Crippen molar-refractivity contribution in [3.63, 3.8) is 0 Å². The van der Waals surface area contributed by atoms with Crippen molar-refractivity contribution in [1.29, 1.82) is 0 Å². The third-order valence-corrected chi connectivity index (χ3v) is 10.8. The first-order chi connectivity index (χ1) is 22.5. The number of benzene rings is 2. The quantitative estimate of drug-likeness (QED) is 0.0718. The summed E-state index contributed by atoms with van der Waals surface area (Å²) in [6.45, 7) is 13.1. The SMILES string of the molecule is CCC(C)(C)C(=O)OCCO.CCCCOC(=O)C(C)(C)CSCCCCCSCCCn1c2ccccc2c(=O)c2ccccc21. The lowest BCUT2D eigenvalue weighted by molar-refractivity contribution is -0.155. The third kappa shape index (κ3) is 13.5. The first kappa shape index (κ1) is 40.7. The smallest absolute Gasteiger partial charge is 0.312 e. The van der Waals surface area contributed by atoms with Gasteiger partial charge in [0.2, 0.25) is 0 Å². The Labute approximate surface area is 290 Å². The number of aryl methyl sites for hydroxylation is 1. The molecule has 47 heavy (non-hydrogen) atoms. The molecule has 0 fully saturated rings. The van der Waals surface area contributed by atoms with Crippen LogP contribution >= 0.6 is 23.5 Å². The molecule has 0 aliphatic heterocycles. The van der Waals surface area contributed by atoms with Gasteiger partial charge in [0.1, 0.15) is 6.61 Å². The number of thioether (sulfide) groups is 2. The number of esters is 2. The molecule has 0 bridgehead atoms. The summed E-state index contributed by atoms with van der Waals surface area (Å²) in [5.74, 6) is 3.92. The van der Waals surface area contributed by atoms with Gasteiger partial charge < -0.3 is 19.1 Å². The zero-order chi connectivity index (χ0) is 34.7. The molecule has 1 N–H and O–H groups in total. The van der Waals surface area contributed by atoms with Crippen LogP contribution < -0.4 is 5.43 Å². The normalized spacial score (nSPS) is 11.7. The number of fused-ring (bicyclic) bond motifs is 2. The van der Waals surface area contributed by atoms with Crippen LogP contribution in [0.15, 0.2) is 53.3 Å². The summed E-state index contributed by atoms with van der Waals surface area (Å²) in [4.78, 5) is 36.2. The number of hydrogen-bond acceptors (Lipinski definition) is 8. The summed E-state index contributed by atoms with van der Waals surface area (Å²) in [5.41, 5.74) is 1.36. The monoisotopic (exact) mass is 687 g/mol. The third-order valence-electron chi connectivity index (χ3n) is 8.13. The second-order valence-corrected chi connectivity index (χ2v) is 15.4. The molecule has 1 heterocycles. The molecule has 3 rings (SSSR count). The van der Waals surface area contributed by atoms with Crippen molar-refractivity contribution in [1.82, 2.24) is 4.57 Å². The van der Waals surface area contributed by atoms with Gasteiger partial charge in [-0.2, -0.15) is 23.5 Å².